The number of esters is 1. The van der Waals surface area contributed by atoms with Crippen LogP contribution in [-0.2, 0) is 14.3 Å². The van der Waals surface area contributed by atoms with Crippen LogP contribution in [0.5, 0.6) is 5.75 Å². The van der Waals surface area contributed by atoms with Crippen LogP contribution in [0.1, 0.15) is 10.4 Å². The SMILES string of the molecule is CN(CC(=O)OCC(=O)NC(=O)c1ccc(OC(F)F)cc1)c1ncccn1. The van der Waals surface area contributed by atoms with Gasteiger partial charge in [0.15, 0.2) is 6.61 Å². The molecule has 2 aromatic rings. The predicted octanol–water partition coefficient (Wildman–Crippen LogP) is 1.01. The third kappa shape index (κ3) is 6.59. The van der Waals surface area contributed by atoms with Crippen LogP contribution in [0.15, 0.2) is 42.7 Å². The fourth-order valence-electron chi connectivity index (χ4n) is 1.97. The molecule has 0 aliphatic carbocycles. The Balaban J connectivity index is 1.77. The van der Waals surface area contributed by atoms with E-state index in [0.29, 0.717) is 5.95 Å². The number of carbonyl (C=O) groups is 3. The summed E-state index contributed by atoms with van der Waals surface area (Å²) < 4.78 is 33.1. The highest BCUT2D eigenvalue weighted by molar-refractivity contribution is 6.05. The molecule has 1 aromatic heterocycles. The molecule has 0 aliphatic rings. The van der Waals surface area contributed by atoms with E-state index in [1.54, 1.807) is 13.1 Å². The monoisotopic (exact) mass is 394 g/mol. The van der Waals surface area contributed by atoms with E-state index >= 15 is 0 Å². The van der Waals surface area contributed by atoms with E-state index in [2.05, 4.69) is 14.7 Å². The number of hydrogen-bond donors (Lipinski definition) is 1. The smallest absolute Gasteiger partial charge is 0.387 e. The van der Waals surface area contributed by atoms with Gasteiger partial charge < -0.3 is 14.4 Å². The number of ether oxygens (including phenoxy) is 2. The van der Waals surface area contributed by atoms with Crippen molar-refractivity contribution in [3.05, 3.63) is 48.3 Å². The Morgan fingerprint density at radius 3 is 2.39 bits per heavy atom. The standard InChI is InChI=1S/C17H16F2N4O5/c1-23(17-20-7-2-8-21-17)9-14(25)27-10-13(24)22-15(26)11-3-5-12(6-4-11)28-16(18)19/h2-8,16H,9-10H2,1H3,(H,22,24,26). The van der Waals surface area contributed by atoms with Gasteiger partial charge in [-0.3, -0.25) is 19.7 Å². The van der Waals surface area contributed by atoms with Gasteiger partial charge in [-0.25, -0.2) is 9.97 Å². The number of carbonyl (C=O) groups excluding carboxylic acids is 3. The number of rotatable bonds is 8. The summed E-state index contributed by atoms with van der Waals surface area (Å²) in [6.07, 6.45) is 3.02. The van der Waals surface area contributed by atoms with Crippen LogP contribution in [0.2, 0.25) is 0 Å². The van der Waals surface area contributed by atoms with Crippen molar-refractivity contribution >= 4 is 23.7 Å². The Bertz CT molecular complexity index is 818. The van der Waals surface area contributed by atoms with Crippen molar-refractivity contribution in [1.82, 2.24) is 15.3 Å². The number of anilines is 1. The normalized spacial score (nSPS) is 10.3. The highest BCUT2D eigenvalue weighted by atomic mass is 19.3. The second-order valence-electron chi connectivity index (χ2n) is 5.35. The second-order valence-corrected chi connectivity index (χ2v) is 5.35. The minimum absolute atomic E-state index is 0.0438. The fraction of sp³-hybridized carbons (Fsp3) is 0.235. The molecule has 0 radical (unpaired) electrons. The Kier molecular flexibility index (Phi) is 7.31. The maximum atomic E-state index is 12.1. The van der Waals surface area contributed by atoms with E-state index in [9.17, 15) is 23.2 Å². The van der Waals surface area contributed by atoms with Gasteiger partial charge in [-0.2, -0.15) is 8.78 Å². The van der Waals surface area contributed by atoms with Gasteiger partial charge in [0, 0.05) is 25.0 Å². The largest absolute Gasteiger partial charge is 0.454 e. The number of halogens is 2. The summed E-state index contributed by atoms with van der Waals surface area (Å²) in [6.45, 7) is -3.85. The lowest BCUT2D eigenvalue weighted by atomic mass is 10.2. The minimum atomic E-state index is -2.98. The van der Waals surface area contributed by atoms with E-state index < -0.39 is 31.0 Å². The van der Waals surface area contributed by atoms with Gasteiger partial charge in [-0.1, -0.05) is 0 Å². The van der Waals surface area contributed by atoms with E-state index in [1.807, 2.05) is 5.32 Å². The first-order valence-electron chi connectivity index (χ1n) is 7.88. The van der Waals surface area contributed by atoms with Crippen LogP contribution in [0.4, 0.5) is 14.7 Å². The molecule has 11 heteroatoms. The molecule has 1 aromatic carbocycles. The van der Waals surface area contributed by atoms with E-state index in [0.717, 1.165) is 12.1 Å². The van der Waals surface area contributed by atoms with Crippen LogP contribution in [0.25, 0.3) is 0 Å². The van der Waals surface area contributed by atoms with Gasteiger partial charge in [-0.05, 0) is 30.3 Å². The maximum Gasteiger partial charge on any atom is 0.387 e. The molecule has 0 fully saturated rings. The molecular formula is C17H16F2N4O5. The van der Waals surface area contributed by atoms with Crippen molar-refractivity contribution < 1.29 is 32.6 Å². The highest BCUT2D eigenvalue weighted by Gasteiger charge is 2.15. The average Bonchev–Trinajstić information content (AvgIpc) is 2.67. The zero-order chi connectivity index (χ0) is 20.5. The molecule has 0 aliphatic heterocycles. The van der Waals surface area contributed by atoms with Gasteiger partial charge in [0.2, 0.25) is 5.95 Å². The fourth-order valence-corrected chi connectivity index (χ4v) is 1.97. The van der Waals surface area contributed by atoms with Crippen LogP contribution in [-0.4, -0.2) is 54.6 Å². The predicted molar refractivity (Wildman–Crippen MR) is 91.8 cm³/mol. The van der Waals surface area contributed by atoms with Gasteiger partial charge in [0.25, 0.3) is 11.8 Å². The second kappa shape index (κ2) is 9.90. The molecule has 9 nitrogen and oxygen atoms in total. The summed E-state index contributed by atoms with van der Waals surface area (Å²) in [5.41, 5.74) is 0.0438. The lowest BCUT2D eigenvalue weighted by Crippen LogP contribution is -2.36. The van der Waals surface area contributed by atoms with E-state index in [-0.39, 0.29) is 17.9 Å². The molecule has 0 saturated heterocycles. The molecule has 0 unspecified atom stereocenters. The van der Waals surface area contributed by atoms with Crippen molar-refractivity contribution in [3.8, 4) is 5.75 Å². The van der Waals surface area contributed by atoms with Gasteiger partial charge in [0.1, 0.15) is 12.3 Å². The number of amides is 2. The average molecular weight is 394 g/mol. The molecule has 0 bridgehead atoms. The number of benzene rings is 1. The summed E-state index contributed by atoms with van der Waals surface area (Å²) >= 11 is 0. The first-order chi connectivity index (χ1) is 13.3. The topological polar surface area (TPSA) is 111 Å². The van der Waals surface area contributed by atoms with Crippen LogP contribution >= 0.6 is 0 Å². The molecule has 2 amide bonds. The summed E-state index contributed by atoms with van der Waals surface area (Å²) in [5, 5.41) is 2.01. The van der Waals surface area contributed by atoms with Gasteiger partial charge >= 0.3 is 12.6 Å². The van der Waals surface area contributed by atoms with Crippen molar-refractivity contribution in [2.45, 2.75) is 6.61 Å². The number of alkyl halides is 2. The number of hydrogen-bond acceptors (Lipinski definition) is 8. The van der Waals surface area contributed by atoms with Gasteiger partial charge in [0.05, 0.1) is 0 Å². The van der Waals surface area contributed by atoms with Crippen LogP contribution < -0.4 is 15.0 Å². The van der Waals surface area contributed by atoms with Gasteiger partial charge in [-0.15, -0.1) is 0 Å². The van der Waals surface area contributed by atoms with E-state index in [4.69, 9.17) is 4.74 Å². The van der Waals surface area contributed by atoms with Crippen molar-refractivity contribution in [2.24, 2.45) is 0 Å². The third-order valence-corrected chi connectivity index (χ3v) is 3.22. The Hall–Kier alpha value is -3.63. The Morgan fingerprint density at radius 2 is 1.79 bits per heavy atom. The highest BCUT2D eigenvalue weighted by Crippen LogP contribution is 2.14. The van der Waals surface area contributed by atoms with Crippen molar-refractivity contribution in [2.75, 3.05) is 25.1 Å². The van der Waals surface area contributed by atoms with E-state index in [1.165, 1.54) is 29.4 Å². The number of imide groups is 1. The Morgan fingerprint density at radius 1 is 1.14 bits per heavy atom. The first kappa shape index (κ1) is 20.7. The van der Waals surface area contributed by atoms with Crippen LogP contribution in [0, 0.1) is 0 Å². The zero-order valence-corrected chi connectivity index (χ0v) is 14.7. The Labute approximate surface area is 158 Å². The molecular weight excluding hydrogens is 378 g/mol. The molecule has 148 valence electrons. The molecule has 1 heterocycles. The molecule has 28 heavy (non-hydrogen) atoms. The number of nitrogens with zero attached hydrogens (tertiary/aromatic N) is 3. The number of aromatic nitrogens is 2. The number of likely N-dealkylation sites (N-methyl/N-ethyl adjacent to an activating group) is 1. The summed E-state index contributed by atoms with van der Waals surface area (Å²) in [5.74, 6) is -2.16. The van der Waals surface area contributed by atoms with Crippen molar-refractivity contribution in [1.29, 1.82) is 0 Å². The minimum Gasteiger partial charge on any atom is -0.454 e. The summed E-state index contributed by atoms with van der Waals surface area (Å²) in [4.78, 5) is 44.7. The van der Waals surface area contributed by atoms with Crippen molar-refractivity contribution in [3.63, 3.8) is 0 Å². The summed E-state index contributed by atoms with van der Waals surface area (Å²) in [7, 11) is 1.57. The lowest BCUT2D eigenvalue weighted by Gasteiger charge is -2.15. The lowest BCUT2D eigenvalue weighted by molar-refractivity contribution is -0.146. The molecule has 0 spiro atoms. The first-order valence-corrected chi connectivity index (χ1v) is 7.88. The number of nitrogens with one attached hydrogen (secondary N) is 1. The molecule has 1 N–H and O–H groups in total. The third-order valence-electron chi connectivity index (χ3n) is 3.22. The summed E-state index contributed by atoms with van der Waals surface area (Å²) in [6, 6.07) is 6.36. The van der Waals surface area contributed by atoms with Crippen LogP contribution in [0.3, 0.4) is 0 Å². The molecule has 2 rings (SSSR count). The maximum absolute atomic E-state index is 12.1. The zero-order valence-electron chi connectivity index (χ0n) is 14.7. The molecule has 0 saturated carbocycles. The molecule has 0 atom stereocenters. The quantitative estimate of drug-likeness (QED) is 0.661.